The maximum Gasteiger partial charge on any atom is 0.230 e. The molecule has 2 N–H and O–H groups in total. The molecule has 2 saturated heterocycles. The number of piperidine rings is 1. The number of carbonyl (C=O) groups excluding carboxylic acids is 2. The maximum atomic E-state index is 13.4. The van der Waals surface area contributed by atoms with Crippen LogP contribution in [0.2, 0.25) is 0 Å². The number of hydrogen-bond donors (Lipinski definition) is 2. The van der Waals surface area contributed by atoms with E-state index in [2.05, 4.69) is 46.7 Å². The summed E-state index contributed by atoms with van der Waals surface area (Å²) >= 11 is 0. The van der Waals surface area contributed by atoms with E-state index in [-0.39, 0.29) is 23.9 Å². The molecule has 2 amide bonds. The van der Waals surface area contributed by atoms with Crippen molar-refractivity contribution in [3.8, 4) is 0 Å². The summed E-state index contributed by atoms with van der Waals surface area (Å²) in [6, 6.07) is 10.8. The van der Waals surface area contributed by atoms with Gasteiger partial charge in [-0.2, -0.15) is 0 Å². The van der Waals surface area contributed by atoms with Crippen LogP contribution in [0.4, 0.5) is 0 Å². The minimum Gasteiger partial charge on any atom is -0.359 e. The quantitative estimate of drug-likeness (QED) is 0.775. The van der Waals surface area contributed by atoms with Crippen molar-refractivity contribution in [1.29, 1.82) is 0 Å². The first kappa shape index (κ1) is 20.8. The molecule has 0 aliphatic carbocycles. The van der Waals surface area contributed by atoms with Crippen molar-refractivity contribution in [1.82, 2.24) is 20.4 Å². The number of likely N-dealkylation sites (N-methyl/N-ethyl adjacent to an activating group) is 1. The van der Waals surface area contributed by atoms with Crippen molar-refractivity contribution >= 4 is 11.8 Å². The number of amides is 2. The number of nitrogens with zero attached hydrogens (tertiary/aromatic N) is 2. The molecule has 2 aliphatic rings. The zero-order chi connectivity index (χ0) is 20.1. The third-order valence-corrected chi connectivity index (χ3v) is 6.78. The Kier molecular flexibility index (Phi) is 6.73. The Morgan fingerprint density at radius 3 is 2.36 bits per heavy atom. The van der Waals surface area contributed by atoms with Crippen molar-refractivity contribution < 1.29 is 9.59 Å². The van der Waals surface area contributed by atoms with Crippen LogP contribution >= 0.6 is 0 Å². The lowest BCUT2D eigenvalue weighted by Crippen LogP contribution is -2.53. The first-order chi connectivity index (χ1) is 13.5. The lowest BCUT2D eigenvalue weighted by molar-refractivity contribution is -0.129. The smallest absolute Gasteiger partial charge is 0.230 e. The SMILES string of the molecule is CNC(=O)C[C@H]1CC[C@@H](CNC(=O)C2(c3ccccc3)CCN(C)CC2)N1C. The molecular formula is C22H34N4O2. The van der Waals surface area contributed by atoms with Crippen LogP contribution in [0.3, 0.4) is 0 Å². The van der Waals surface area contributed by atoms with Gasteiger partial charge in [-0.05, 0) is 58.4 Å². The molecule has 1 aromatic rings. The van der Waals surface area contributed by atoms with Crippen molar-refractivity contribution in [2.45, 2.75) is 49.6 Å². The molecule has 2 heterocycles. The van der Waals surface area contributed by atoms with Crippen molar-refractivity contribution in [3.05, 3.63) is 35.9 Å². The lowest BCUT2D eigenvalue weighted by atomic mass is 9.72. The van der Waals surface area contributed by atoms with Crippen molar-refractivity contribution in [3.63, 3.8) is 0 Å². The molecule has 0 spiro atoms. The molecule has 0 unspecified atom stereocenters. The van der Waals surface area contributed by atoms with Gasteiger partial charge >= 0.3 is 0 Å². The minimum atomic E-state index is -0.438. The van der Waals surface area contributed by atoms with Crippen molar-refractivity contribution in [2.24, 2.45) is 0 Å². The Labute approximate surface area is 168 Å². The second kappa shape index (κ2) is 9.05. The van der Waals surface area contributed by atoms with E-state index in [0.29, 0.717) is 13.0 Å². The normalized spacial score (nSPS) is 25.4. The van der Waals surface area contributed by atoms with Gasteiger partial charge in [0.1, 0.15) is 0 Å². The van der Waals surface area contributed by atoms with Crippen LogP contribution in [0.1, 0.15) is 37.7 Å². The fourth-order valence-electron chi connectivity index (χ4n) is 4.68. The largest absolute Gasteiger partial charge is 0.359 e. The molecule has 0 saturated carbocycles. The highest BCUT2D eigenvalue weighted by molar-refractivity contribution is 5.88. The molecule has 28 heavy (non-hydrogen) atoms. The Bertz CT molecular complexity index is 670. The Morgan fingerprint density at radius 1 is 1.07 bits per heavy atom. The second-order valence-corrected chi connectivity index (χ2v) is 8.39. The highest BCUT2D eigenvalue weighted by Gasteiger charge is 2.42. The molecule has 0 aromatic heterocycles. The van der Waals surface area contributed by atoms with Gasteiger partial charge in [0.15, 0.2) is 0 Å². The summed E-state index contributed by atoms with van der Waals surface area (Å²) < 4.78 is 0. The average Bonchev–Trinajstić information content (AvgIpc) is 3.07. The highest BCUT2D eigenvalue weighted by atomic mass is 16.2. The standard InChI is InChI=1S/C22H34N4O2/c1-23-20(27)15-18-9-10-19(26(18)3)16-24-21(28)22(11-13-25(2)14-12-22)17-7-5-4-6-8-17/h4-8,18-19H,9-16H2,1-3H3,(H,23,27)(H,24,28)/t18-,19+/m1/s1. The van der Waals surface area contributed by atoms with Gasteiger partial charge in [0.25, 0.3) is 0 Å². The van der Waals surface area contributed by atoms with Crippen LogP contribution in [0.25, 0.3) is 0 Å². The number of nitrogens with one attached hydrogen (secondary N) is 2. The number of hydrogen-bond acceptors (Lipinski definition) is 4. The highest BCUT2D eigenvalue weighted by Crippen LogP contribution is 2.35. The summed E-state index contributed by atoms with van der Waals surface area (Å²) in [5.74, 6) is 0.228. The molecule has 154 valence electrons. The van der Waals surface area contributed by atoms with Crippen LogP contribution in [0.5, 0.6) is 0 Å². The fraction of sp³-hybridized carbons (Fsp3) is 0.636. The number of benzene rings is 1. The van der Waals surface area contributed by atoms with E-state index in [0.717, 1.165) is 44.3 Å². The van der Waals surface area contributed by atoms with Gasteiger partial charge in [-0.25, -0.2) is 0 Å². The zero-order valence-electron chi connectivity index (χ0n) is 17.4. The summed E-state index contributed by atoms with van der Waals surface area (Å²) in [7, 11) is 5.87. The molecule has 2 atom stereocenters. The third kappa shape index (κ3) is 4.39. The molecule has 1 aromatic carbocycles. The van der Waals surface area contributed by atoms with Crippen LogP contribution in [0.15, 0.2) is 30.3 Å². The van der Waals surface area contributed by atoms with E-state index in [1.165, 1.54) is 0 Å². The average molecular weight is 387 g/mol. The van der Waals surface area contributed by atoms with Gasteiger partial charge in [0, 0.05) is 32.1 Å². The topological polar surface area (TPSA) is 64.7 Å². The molecular weight excluding hydrogens is 352 g/mol. The van der Waals surface area contributed by atoms with Gasteiger partial charge in [0.2, 0.25) is 11.8 Å². The van der Waals surface area contributed by atoms with E-state index in [1.807, 2.05) is 18.2 Å². The second-order valence-electron chi connectivity index (χ2n) is 8.39. The lowest BCUT2D eigenvalue weighted by Gasteiger charge is -2.40. The molecule has 6 nitrogen and oxygen atoms in total. The first-order valence-corrected chi connectivity index (χ1v) is 10.4. The predicted octanol–water partition coefficient (Wildman–Crippen LogP) is 1.37. The number of rotatable bonds is 6. The Hall–Kier alpha value is -1.92. The van der Waals surface area contributed by atoms with E-state index in [1.54, 1.807) is 7.05 Å². The van der Waals surface area contributed by atoms with E-state index in [9.17, 15) is 9.59 Å². The van der Waals surface area contributed by atoms with Crippen LogP contribution < -0.4 is 10.6 Å². The Morgan fingerprint density at radius 2 is 1.71 bits per heavy atom. The maximum absolute atomic E-state index is 13.4. The third-order valence-electron chi connectivity index (χ3n) is 6.78. The summed E-state index contributed by atoms with van der Waals surface area (Å²) in [4.78, 5) is 29.6. The zero-order valence-corrected chi connectivity index (χ0v) is 17.4. The van der Waals surface area contributed by atoms with Gasteiger partial charge in [-0.3, -0.25) is 14.5 Å². The van der Waals surface area contributed by atoms with Gasteiger partial charge < -0.3 is 15.5 Å². The molecule has 0 bridgehead atoms. The van der Waals surface area contributed by atoms with Gasteiger partial charge in [-0.15, -0.1) is 0 Å². The van der Waals surface area contributed by atoms with Crippen molar-refractivity contribution in [2.75, 3.05) is 40.8 Å². The predicted molar refractivity (Wildman–Crippen MR) is 111 cm³/mol. The fourth-order valence-corrected chi connectivity index (χ4v) is 4.68. The molecule has 3 rings (SSSR count). The summed E-state index contributed by atoms with van der Waals surface area (Å²) in [6.45, 7) is 2.50. The molecule has 0 radical (unpaired) electrons. The minimum absolute atomic E-state index is 0.0795. The van der Waals surface area contributed by atoms with E-state index < -0.39 is 5.41 Å². The molecule has 2 aliphatic heterocycles. The van der Waals surface area contributed by atoms with Gasteiger partial charge in [0.05, 0.1) is 5.41 Å². The molecule has 6 heteroatoms. The summed E-state index contributed by atoms with van der Waals surface area (Å²) in [6.07, 6.45) is 4.23. The van der Waals surface area contributed by atoms with Crippen LogP contribution in [0, 0.1) is 0 Å². The summed E-state index contributed by atoms with van der Waals surface area (Å²) in [5, 5.41) is 5.97. The monoisotopic (exact) mass is 386 g/mol. The van der Waals surface area contributed by atoms with E-state index >= 15 is 0 Å². The molecule has 2 fully saturated rings. The van der Waals surface area contributed by atoms with Gasteiger partial charge in [-0.1, -0.05) is 30.3 Å². The summed E-state index contributed by atoms with van der Waals surface area (Å²) in [5.41, 5.74) is 0.685. The number of likely N-dealkylation sites (tertiary alicyclic amines) is 2. The first-order valence-electron chi connectivity index (χ1n) is 10.4. The van der Waals surface area contributed by atoms with E-state index in [4.69, 9.17) is 0 Å². The number of carbonyl (C=O) groups is 2. The Balaban J connectivity index is 1.64. The van der Waals surface area contributed by atoms with Crippen LogP contribution in [-0.4, -0.2) is 74.5 Å². The van der Waals surface area contributed by atoms with Crippen LogP contribution in [-0.2, 0) is 15.0 Å².